The van der Waals surface area contributed by atoms with Crippen molar-refractivity contribution in [1.29, 1.82) is 5.26 Å². The van der Waals surface area contributed by atoms with E-state index < -0.39 is 0 Å². The lowest BCUT2D eigenvalue weighted by Crippen LogP contribution is -2.28. The van der Waals surface area contributed by atoms with E-state index in [0.29, 0.717) is 41.7 Å². The van der Waals surface area contributed by atoms with Crippen LogP contribution in [0.3, 0.4) is 0 Å². The Labute approximate surface area is 253 Å². The Bertz CT molecular complexity index is 1590. The van der Waals surface area contributed by atoms with Gasteiger partial charge >= 0.3 is 0 Å². The molecule has 6 nitrogen and oxygen atoms in total. The molecule has 1 N–H and O–H groups in total. The highest BCUT2D eigenvalue weighted by Gasteiger charge is 2.33. The lowest BCUT2D eigenvalue weighted by molar-refractivity contribution is 0.0947. The van der Waals surface area contributed by atoms with Crippen LogP contribution in [0.2, 0.25) is 0 Å². The highest BCUT2D eigenvalue weighted by atomic mass is 79.9. The third-order valence-corrected chi connectivity index (χ3v) is 9.25. The number of amides is 1. The zero-order valence-electron chi connectivity index (χ0n) is 23.4. The number of thiophene rings is 1. The molecule has 0 aliphatic heterocycles. The largest absolute Gasteiger partial charge is 0.488 e. The van der Waals surface area contributed by atoms with Gasteiger partial charge in [-0.1, -0.05) is 32.9 Å². The van der Waals surface area contributed by atoms with Gasteiger partial charge in [-0.15, -0.1) is 11.3 Å². The molecule has 2 aromatic carbocycles. The molecule has 0 radical (unpaired) electrons. The van der Waals surface area contributed by atoms with E-state index in [1.165, 1.54) is 4.88 Å². The van der Waals surface area contributed by atoms with Crippen LogP contribution in [0, 0.1) is 22.7 Å². The van der Waals surface area contributed by atoms with Crippen LogP contribution in [0.5, 0.6) is 5.75 Å². The first-order valence-electron chi connectivity index (χ1n) is 13.6. The molecule has 1 atom stereocenters. The van der Waals surface area contributed by atoms with Crippen LogP contribution in [0.15, 0.2) is 74.7 Å². The normalized spacial score (nSPS) is 15.0. The molecule has 1 aliphatic carbocycles. The third kappa shape index (κ3) is 6.98. The number of carbonyl (C=O) groups is 1. The minimum Gasteiger partial charge on any atom is -0.488 e. The van der Waals surface area contributed by atoms with Gasteiger partial charge in [0.15, 0.2) is 0 Å². The molecule has 2 aromatic heterocycles. The van der Waals surface area contributed by atoms with E-state index in [-0.39, 0.29) is 11.3 Å². The van der Waals surface area contributed by atoms with Gasteiger partial charge < -0.3 is 14.5 Å². The number of hydrogen-bond donors (Lipinski definition) is 1. The maximum atomic E-state index is 13.4. The van der Waals surface area contributed by atoms with Crippen LogP contribution in [0.25, 0.3) is 0 Å². The topological polar surface area (TPSA) is 87.6 Å². The van der Waals surface area contributed by atoms with Gasteiger partial charge in [0.05, 0.1) is 34.5 Å². The first-order chi connectivity index (χ1) is 19.7. The summed E-state index contributed by atoms with van der Waals surface area (Å²) in [5.41, 5.74) is 4.52. The summed E-state index contributed by atoms with van der Waals surface area (Å²) in [5, 5.41) is 12.7. The Morgan fingerprint density at radius 1 is 1.24 bits per heavy atom. The number of ether oxygens (including phenoxy) is 1. The Morgan fingerprint density at radius 3 is 2.73 bits per heavy atom. The molecule has 0 saturated heterocycles. The SMILES string of the molecule is CC(C)(C)[C@H]1CCc2c(sc(N=Cc3ccc(OCc4ccc(C#N)cc4)c(Br)c3)c2C(=O)NCc2ccco2)C1. The summed E-state index contributed by atoms with van der Waals surface area (Å²) >= 11 is 5.25. The smallest absolute Gasteiger partial charge is 0.255 e. The van der Waals surface area contributed by atoms with Gasteiger partial charge in [-0.25, -0.2) is 4.99 Å². The summed E-state index contributed by atoms with van der Waals surface area (Å²) in [7, 11) is 0. The molecule has 0 bridgehead atoms. The molecule has 0 unspecified atom stereocenters. The van der Waals surface area contributed by atoms with Gasteiger partial charge in [0.2, 0.25) is 0 Å². The number of benzene rings is 2. The second-order valence-corrected chi connectivity index (χ2v) is 13.2. The first-order valence-corrected chi connectivity index (χ1v) is 15.2. The number of furan rings is 1. The third-order valence-electron chi connectivity index (χ3n) is 7.47. The number of nitriles is 1. The van der Waals surface area contributed by atoms with Crippen molar-refractivity contribution in [3.05, 3.63) is 104 Å². The summed E-state index contributed by atoms with van der Waals surface area (Å²) < 4.78 is 12.2. The van der Waals surface area contributed by atoms with Gasteiger partial charge in [-0.3, -0.25) is 4.79 Å². The van der Waals surface area contributed by atoms with Crippen LogP contribution in [-0.4, -0.2) is 12.1 Å². The maximum Gasteiger partial charge on any atom is 0.255 e. The number of nitrogens with zero attached hydrogens (tertiary/aromatic N) is 2. The molecule has 5 rings (SSSR count). The summed E-state index contributed by atoms with van der Waals surface area (Å²) in [4.78, 5) is 19.5. The van der Waals surface area contributed by atoms with E-state index >= 15 is 0 Å². The van der Waals surface area contributed by atoms with Gasteiger partial charge in [0, 0.05) is 11.1 Å². The van der Waals surface area contributed by atoms with E-state index in [1.54, 1.807) is 35.9 Å². The van der Waals surface area contributed by atoms with E-state index in [4.69, 9.17) is 19.4 Å². The summed E-state index contributed by atoms with van der Waals surface area (Å²) in [6.45, 7) is 7.61. The van der Waals surface area contributed by atoms with Crippen molar-refractivity contribution in [3.63, 3.8) is 0 Å². The van der Waals surface area contributed by atoms with Crippen molar-refractivity contribution in [2.75, 3.05) is 0 Å². The number of halogens is 1. The number of carbonyl (C=O) groups excluding carboxylic acids is 1. The Balaban J connectivity index is 1.35. The van der Waals surface area contributed by atoms with Crippen LogP contribution < -0.4 is 10.1 Å². The van der Waals surface area contributed by atoms with E-state index in [2.05, 4.69) is 48.1 Å². The molecule has 41 heavy (non-hydrogen) atoms. The van der Waals surface area contributed by atoms with Crippen molar-refractivity contribution >= 4 is 44.4 Å². The van der Waals surface area contributed by atoms with Crippen molar-refractivity contribution < 1.29 is 13.9 Å². The monoisotopic (exact) mass is 629 g/mol. The van der Waals surface area contributed by atoms with Gasteiger partial charge in [0.25, 0.3) is 5.91 Å². The fourth-order valence-corrected chi connectivity index (χ4v) is 6.77. The second-order valence-electron chi connectivity index (χ2n) is 11.3. The maximum absolute atomic E-state index is 13.4. The summed E-state index contributed by atoms with van der Waals surface area (Å²) in [5.74, 6) is 1.88. The van der Waals surface area contributed by atoms with Crippen LogP contribution in [0.1, 0.15) is 70.4 Å². The van der Waals surface area contributed by atoms with Crippen molar-refractivity contribution in [1.82, 2.24) is 5.32 Å². The van der Waals surface area contributed by atoms with Gasteiger partial charge in [-0.05, 0) is 106 Å². The molecule has 1 amide bonds. The molecule has 0 fully saturated rings. The lowest BCUT2D eigenvalue weighted by atomic mass is 9.72. The van der Waals surface area contributed by atoms with Gasteiger partial charge in [-0.2, -0.15) is 5.26 Å². The Morgan fingerprint density at radius 2 is 2.05 bits per heavy atom. The fourth-order valence-electron chi connectivity index (χ4n) is 4.99. The highest BCUT2D eigenvalue weighted by molar-refractivity contribution is 9.10. The fraction of sp³-hybridized carbons (Fsp3) is 0.303. The van der Waals surface area contributed by atoms with Crippen molar-refractivity contribution in [2.24, 2.45) is 16.3 Å². The summed E-state index contributed by atoms with van der Waals surface area (Å²) in [6.07, 6.45) is 6.32. The van der Waals surface area contributed by atoms with E-state index in [0.717, 1.165) is 45.4 Å². The van der Waals surface area contributed by atoms with Gasteiger partial charge in [0.1, 0.15) is 23.1 Å². The number of hydrogen-bond acceptors (Lipinski definition) is 6. The second kappa shape index (κ2) is 12.5. The molecular weight excluding hydrogens is 598 g/mol. The molecular formula is C33H32BrN3O3S. The minimum atomic E-state index is -0.118. The molecule has 2 heterocycles. The van der Waals surface area contributed by atoms with E-state index in [1.807, 2.05) is 42.5 Å². The molecule has 8 heteroatoms. The summed E-state index contributed by atoms with van der Waals surface area (Å²) in [6, 6.07) is 18.9. The number of rotatable bonds is 8. The lowest BCUT2D eigenvalue weighted by Gasteiger charge is -2.33. The van der Waals surface area contributed by atoms with Crippen LogP contribution in [-0.2, 0) is 26.0 Å². The standard InChI is InChI=1S/C33H32BrN3O3S/c1-33(2,3)24-11-12-26-29(16-24)41-32(30(26)31(38)36-19-25-5-4-14-39-25)37-18-23-10-13-28(27(34)15-23)40-20-22-8-6-21(17-35)7-9-22/h4-10,13-15,18,24H,11-12,16,19-20H2,1-3H3,(H,36,38)/t24-/m0/s1. The molecule has 4 aromatic rings. The quantitative estimate of drug-likeness (QED) is 0.198. The highest BCUT2D eigenvalue weighted by Crippen LogP contribution is 2.45. The molecule has 1 aliphatic rings. The van der Waals surface area contributed by atoms with Crippen LogP contribution >= 0.6 is 27.3 Å². The average molecular weight is 631 g/mol. The number of nitrogens with one attached hydrogen (secondary N) is 1. The van der Waals surface area contributed by atoms with E-state index in [9.17, 15) is 4.79 Å². The first kappa shape index (κ1) is 28.8. The zero-order valence-corrected chi connectivity index (χ0v) is 25.8. The molecule has 210 valence electrons. The predicted molar refractivity (Wildman–Crippen MR) is 166 cm³/mol. The molecule has 0 spiro atoms. The van der Waals surface area contributed by atoms with Crippen molar-refractivity contribution in [3.8, 4) is 11.8 Å². The van der Waals surface area contributed by atoms with Crippen LogP contribution in [0.4, 0.5) is 5.00 Å². The molecule has 0 saturated carbocycles. The zero-order chi connectivity index (χ0) is 29.0. The number of aliphatic imine (C=N–C) groups is 1. The average Bonchev–Trinajstić information content (AvgIpc) is 3.61. The minimum absolute atomic E-state index is 0.118. The van der Waals surface area contributed by atoms with Crippen molar-refractivity contribution in [2.45, 2.75) is 53.2 Å². The Kier molecular flexibility index (Phi) is 8.77. The number of fused-ring (bicyclic) bond motifs is 1. The Hall–Kier alpha value is -3.67. The predicted octanol–water partition coefficient (Wildman–Crippen LogP) is 8.39.